The van der Waals surface area contributed by atoms with E-state index in [0.717, 1.165) is 5.33 Å². The number of carbonyl (C=O) groups excluding carboxylic acids is 1. The Morgan fingerprint density at radius 3 is 2.88 bits per heavy atom. The van der Waals surface area contributed by atoms with Crippen LogP contribution in [-0.4, -0.2) is 17.8 Å². The van der Waals surface area contributed by atoms with Crippen LogP contribution in [0.1, 0.15) is 22.8 Å². The number of amides is 1. The quantitative estimate of drug-likeness (QED) is 0.848. The Kier molecular flexibility index (Phi) is 4.93. The zero-order chi connectivity index (χ0) is 12.1. The van der Waals surface area contributed by atoms with Crippen molar-refractivity contribution in [3.05, 3.63) is 35.1 Å². The van der Waals surface area contributed by atoms with Crippen molar-refractivity contribution < 1.29 is 9.18 Å². The van der Waals surface area contributed by atoms with Crippen molar-refractivity contribution in [1.82, 2.24) is 5.32 Å². The number of hydrogen-bond donors (Lipinski definition) is 1. The average Bonchev–Trinajstić information content (AvgIpc) is 2.29. The van der Waals surface area contributed by atoms with E-state index < -0.39 is 5.82 Å². The molecule has 1 atom stereocenters. The third-order valence-electron chi connectivity index (χ3n) is 2.31. The normalized spacial score (nSPS) is 12.2. The maximum Gasteiger partial charge on any atom is 0.254 e. The molecule has 4 heteroatoms. The van der Waals surface area contributed by atoms with Crippen LogP contribution < -0.4 is 5.32 Å². The van der Waals surface area contributed by atoms with E-state index in [1.54, 1.807) is 19.1 Å². The first-order valence-corrected chi connectivity index (χ1v) is 6.27. The van der Waals surface area contributed by atoms with Gasteiger partial charge in [0.25, 0.3) is 5.91 Å². The lowest BCUT2D eigenvalue weighted by molar-refractivity contribution is 0.0945. The molecule has 0 heterocycles. The van der Waals surface area contributed by atoms with E-state index in [-0.39, 0.29) is 11.5 Å². The molecule has 0 saturated heterocycles. The number of rotatable bonds is 4. The van der Waals surface area contributed by atoms with Crippen LogP contribution in [0.4, 0.5) is 4.39 Å². The fraction of sp³-hybridized carbons (Fsp3) is 0.417. The first kappa shape index (κ1) is 13.2. The second kappa shape index (κ2) is 5.99. The first-order chi connectivity index (χ1) is 7.56. The molecule has 1 rings (SSSR count). The lowest BCUT2D eigenvalue weighted by Gasteiger charge is -2.10. The van der Waals surface area contributed by atoms with Crippen molar-refractivity contribution in [1.29, 1.82) is 0 Å². The van der Waals surface area contributed by atoms with Crippen molar-refractivity contribution in [3.63, 3.8) is 0 Å². The minimum Gasteiger partial charge on any atom is -0.352 e. The third kappa shape index (κ3) is 3.30. The van der Waals surface area contributed by atoms with Crippen molar-refractivity contribution in [2.75, 3.05) is 11.9 Å². The van der Waals surface area contributed by atoms with Crippen LogP contribution in [0.15, 0.2) is 18.2 Å². The number of hydrogen-bond acceptors (Lipinski definition) is 1. The summed E-state index contributed by atoms with van der Waals surface area (Å²) in [5, 5.41) is 3.52. The van der Waals surface area contributed by atoms with Crippen LogP contribution in [0.5, 0.6) is 0 Å². The summed E-state index contributed by atoms with van der Waals surface area (Å²) >= 11 is 3.32. The van der Waals surface area contributed by atoms with E-state index in [1.165, 1.54) is 6.07 Å². The third-order valence-corrected chi connectivity index (χ3v) is 3.42. The summed E-state index contributed by atoms with van der Waals surface area (Å²) < 4.78 is 13.6. The zero-order valence-electron chi connectivity index (χ0n) is 9.39. The van der Waals surface area contributed by atoms with E-state index in [4.69, 9.17) is 0 Å². The molecule has 0 aliphatic heterocycles. The highest BCUT2D eigenvalue weighted by atomic mass is 79.9. The monoisotopic (exact) mass is 287 g/mol. The second-order valence-electron chi connectivity index (χ2n) is 3.91. The molecule has 0 radical (unpaired) electrons. The zero-order valence-corrected chi connectivity index (χ0v) is 11.0. The molecule has 0 spiro atoms. The van der Waals surface area contributed by atoms with E-state index >= 15 is 0 Å². The molecule has 2 nitrogen and oxygen atoms in total. The largest absolute Gasteiger partial charge is 0.352 e. The first-order valence-electron chi connectivity index (χ1n) is 5.15. The van der Waals surface area contributed by atoms with Crippen molar-refractivity contribution in [2.45, 2.75) is 13.8 Å². The summed E-state index contributed by atoms with van der Waals surface area (Å²) in [6.07, 6.45) is 0. The summed E-state index contributed by atoms with van der Waals surface area (Å²) in [5.74, 6) is -0.461. The van der Waals surface area contributed by atoms with Gasteiger partial charge in [0, 0.05) is 11.9 Å². The second-order valence-corrected chi connectivity index (χ2v) is 4.55. The van der Waals surface area contributed by atoms with Crippen LogP contribution in [-0.2, 0) is 0 Å². The smallest absolute Gasteiger partial charge is 0.254 e. The van der Waals surface area contributed by atoms with Crippen molar-refractivity contribution >= 4 is 21.8 Å². The molecule has 1 aromatic carbocycles. The Hall–Kier alpha value is -0.900. The number of alkyl halides is 1. The summed E-state index contributed by atoms with van der Waals surface area (Å²) in [5.41, 5.74) is 0.600. The Labute approximate surface area is 103 Å². The highest BCUT2D eigenvalue weighted by molar-refractivity contribution is 9.09. The standard InChI is InChI=1S/C12H15BrFNO/c1-8(6-13)7-15-12(16)10-5-3-4-9(2)11(10)14/h3-5,8H,6-7H2,1-2H3,(H,15,16). The molecule has 0 aliphatic rings. The van der Waals surface area contributed by atoms with Gasteiger partial charge in [-0.05, 0) is 24.5 Å². The van der Waals surface area contributed by atoms with Gasteiger partial charge >= 0.3 is 0 Å². The highest BCUT2D eigenvalue weighted by Crippen LogP contribution is 2.11. The van der Waals surface area contributed by atoms with E-state index in [2.05, 4.69) is 21.2 Å². The van der Waals surface area contributed by atoms with Crippen molar-refractivity contribution in [3.8, 4) is 0 Å². The van der Waals surface area contributed by atoms with Crippen molar-refractivity contribution in [2.24, 2.45) is 5.92 Å². The number of carbonyl (C=O) groups is 1. The van der Waals surface area contributed by atoms with Crippen LogP contribution >= 0.6 is 15.9 Å². The van der Waals surface area contributed by atoms with Crippen LogP contribution in [0, 0.1) is 18.7 Å². The molecule has 1 N–H and O–H groups in total. The fourth-order valence-corrected chi connectivity index (χ4v) is 1.47. The number of aryl methyl sites for hydroxylation is 1. The minimum atomic E-state index is -0.438. The van der Waals surface area contributed by atoms with Gasteiger partial charge in [0.1, 0.15) is 5.82 Å². The molecule has 0 fully saturated rings. The van der Waals surface area contributed by atoms with Gasteiger partial charge in [-0.25, -0.2) is 4.39 Å². The highest BCUT2D eigenvalue weighted by Gasteiger charge is 2.13. The molecular weight excluding hydrogens is 273 g/mol. The topological polar surface area (TPSA) is 29.1 Å². The Balaban J connectivity index is 2.70. The molecule has 0 aliphatic carbocycles. The van der Waals surface area contributed by atoms with Gasteiger partial charge in [0.05, 0.1) is 5.56 Å². The fourth-order valence-electron chi connectivity index (χ4n) is 1.24. The molecule has 1 aromatic rings. The number of benzene rings is 1. The summed E-state index contributed by atoms with van der Waals surface area (Å²) in [6, 6.07) is 4.82. The molecule has 1 amide bonds. The van der Waals surface area contributed by atoms with Crippen LogP contribution in [0.3, 0.4) is 0 Å². The predicted octanol–water partition coefficient (Wildman–Crippen LogP) is 2.89. The maximum atomic E-state index is 13.6. The molecule has 0 aromatic heterocycles. The molecule has 0 saturated carbocycles. The SMILES string of the molecule is Cc1cccc(C(=O)NCC(C)CBr)c1F. The van der Waals surface area contributed by atoms with Crippen LogP contribution in [0.2, 0.25) is 0 Å². The number of halogens is 2. The molecular formula is C12H15BrFNO. The number of nitrogens with one attached hydrogen (secondary N) is 1. The molecule has 0 bridgehead atoms. The van der Waals surface area contributed by atoms with E-state index in [0.29, 0.717) is 18.0 Å². The van der Waals surface area contributed by atoms with E-state index in [9.17, 15) is 9.18 Å². The molecule has 16 heavy (non-hydrogen) atoms. The summed E-state index contributed by atoms with van der Waals surface area (Å²) in [6.45, 7) is 4.19. The summed E-state index contributed by atoms with van der Waals surface area (Å²) in [7, 11) is 0. The van der Waals surface area contributed by atoms with E-state index in [1.807, 2.05) is 6.92 Å². The molecule has 1 unspecified atom stereocenters. The van der Waals surface area contributed by atoms with Gasteiger partial charge in [-0.2, -0.15) is 0 Å². The maximum absolute atomic E-state index is 13.6. The lowest BCUT2D eigenvalue weighted by atomic mass is 10.1. The predicted molar refractivity (Wildman–Crippen MR) is 66.4 cm³/mol. The Bertz CT molecular complexity index is 381. The van der Waals surface area contributed by atoms with Gasteiger partial charge in [0.2, 0.25) is 0 Å². The Morgan fingerprint density at radius 2 is 2.25 bits per heavy atom. The lowest BCUT2D eigenvalue weighted by Crippen LogP contribution is -2.29. The van der Waals surface area contributed by atoms with Crippen LogP contribution in [0.25, 0.3) is 0 Å². The Morgan fingerprint density at radius 1 is 1.56 bits per heavy atom. The van der Waals surface area contributed by atoms with Gasteiger partial charge in [0.15, 0.2) is 0 Å². The molecule has 88 valence electrons. The van der Waals surface area contributed by atoms with Gasteiger partial charge < -0.3 is 5.32 Å². The summed E-state index contributed by atoms with van der Waals surface area (Å²) in [4.78, 5) is 11.7. The van der Waals surface area contributed by atoms with Gasteiger partial charge in [-0.1, -0.05) is 35.0 Å². The van der Waals surface area contributed by atoms with Gasteiger partial charge in [-0.3, -0.25) is 4.79 Å². The minimum absolute atomic E-state index is 0.113. The van der Waals surface area contributed by atoms with Gasteiger partial charge in [-0.15, -0.1) is 0 Å². The average molecular weight is 288 g/mol.